The topological polar surface area (TPSA) is 230 Å². The molecule has 0 aromatic heterocycles. The molecule has 1 aromatic carbocycles. The number of para-hydroxylation sites is 1. The Hall–Kier alpha value is -2.71. The molecular weight excluding hydrogens is 585 g/mol. The number of guanidine groups is 1. The van der Waals surface area contributed by atoms with Crippen LogP contribution < -0.4 is 26.8 Å². The number of nitrogens with one attached hydrogen (secondary N) is 3. The molecule has 0 bridgehead atoms. The highest BCUT2D eigenvalue weighted by Crippen LogP contribution is 2.35. The normalized spacial score (nSPS) is 18.5. The molecule has 236 valence electrons. The predicted molar refractivity (Wildman–Crippen MR) is 160 cm³/mol. The minimum absolute atomic E-state index is 0.0743. The maximum Gasteiger partial charge on any atom is 0.326 e. The number of amides is 2. The Balaban J connectivity index is 1.61. The molecule has 42 heavy (non-hydrogen) atoms. The van der Waals surface area contributed by atoms with Gasteiger partial charge in [0.2, 0.25) is 21.8 Å². The van der Waals surface area contributed by atoms with Crippen molar-refractivity contribution in [3.05, 3.63) is 23.8 Å². The second-order valence-electron chi connectivity index (χ2n) is 11.1. The number of nitrogens with zero attached hydrogens (tertiary/aromatic N) is 2. The number of hydrogen-bond donors (Lipinski definition) is 7. The first-order chi connectivity index (χ1) is 19.7. The van der Waals surface area contributed by atoms with Gasteiger partial charge in [-0.3, -0.25) is 19.1 Å². The largest absolute Gasteiger partial charge is 0.383 e. The van der Waals surface area contributed by atoms with Crippen molar-refractivity contribution in [1.29, 1.82) is 0 Å². The second kappa shape index (κ2) is 15.1. The Bertz CT molecular complexity index is 1280. The number of anilines is 1. The molecule has 1 aromatic rings. The molecule has 2 unspecified atom stereocenters. The monoisotopic (exact) mass is 629 g/mol. The van der Waals surface area contributed by atoms with Crippen LogP contribution in [0.1, 0.15) is 51.0 Å². The van der Waals surface area contributed by atoms with E-state index in [4.69, 9.17) is 21.3 Å². The van der Waals surface area contributed by atoms with Crippen molar-refractivity contribution in [2.75, 3.05) is 44.2 Å². The second-order valence-corrected chi connectivity index (χ2v) is 14.6. The van der Waals surface area contributed by atoms with Crippen LogP contribution in [0.5, 0.6) is 0 Å². The lowest BCUT2D eigenvalue weighted by atomic mass is 9.93. The van der Waals surface area contributed by atoms with Crippen LogP contribution >= 0.6 is 7.60 Å². The fourth-order valence-electron chi connectivity index (χ4n) is 5.30. The Kier molecular flexibility index (Phi) is 12.2. The first-order valence-corrected chi connectivity index (χ1v) is 17.6. The standard InChI is InChI=1S/C26H44N7O7PS/c1-18-16-20-4-2-6-22(24(20)31-17-18)42(39,40)32-21(5-3-11-30-26(27)28)25(35)33-13-8-19(9-14-33)7-12-29-23(34)10-15-41(36,37)38/h2,4,6,18-19,21,31-32H,3,5,7-17H2,1H3,(H,29,34)(H4,27,28,30)(H2,36,37,38). The summed E-state index contributed by atoms with van der Waals surface area (Å²) in [6, 6.07) is 4.18. The van der Waals surface area contributed by atoms with Crippen LogP contribution in [0.3, 0.4) is 0 Å². The van der Waals surface area contributed by atoms with Gasteiger partial charge in [-0.2, -0.15) is 4.72 Å². The van der Waals surface area contributed by atoms with Crippen molar-refractivity contribution in [1.82, 2.24) is 14.9 Å². The van der Waals surface area contributed by atoms with Crippen molar-refractivity contribution < 1.29 is 32.4 Å². The Morgan fingerprint density at radius 3 is 2.62 bits per heavy atom. The number of fused-ring (bicyclic) bond motifs is 1. The summed E-state index contributed by atoms with van der Waals surface area (Å²) in [4.78, 5) is 49.0. The van der Waals surface area contributed by atoms with Crippen molar-refractivity contribution in [3.63, 3.8) is 0 Å². The van der Waals surface area contributed by atoms with Gasteiger partial charge in [0.15, 0.2) is 5.96 Å². The number of carbonyl (C=O) groups is 2. The maximum absolute atomic E-state index is 13.6. The van der Waals surface area contributed by atoms with Gasteiger partial charge in [-0.15, -0.1) is 0 Å². The molecule has 2 aliphatic heterocycles. The number of piperidine rings is 1. The van der Waals surface area contributed by atoms with Gasteiger partial charge < -0.3 is 36.8 Å². The van der Waals surface area contributed by atoms with Crippen LogP contribution in [0, 0.1) is 11.8 Å². The van der Waals surface area contributed by atoms with E-state index < -0.39 is 35.7 Å². The first kappa shape index (κ1) is 33.8. The van der Waals surface area contributed by atoms with Crippen LogP contribution in [0.25, 0.3) is 0 Å². The van der Waals surface area contributed by atoms with E-state index in [0.717, 1.165) is 12.0 Å². The number of hydrogen-bond acceptors (Lipinski definition) is 7. The molecule has 3 rings (SSSR count). The van der Waals surface area contributed by atoms with Gasteiger partial charge in [-0.1, -0.05) is 19.1 Å². The summed E-state index contributed by atoms with van der Waals surface area (Å²) in [6.07, 6.45) is 2.70. The highest BCUT2D eigenvalue weighted by atomic mass is 32.2. The van der Waals surface area contributed by atoms with E-state index in [9.17, 15) is 22.6 Å². The molecule has 2 aliphatic rings. The van der Waals surface area contributed by atoms with E-state index in [1.165, 1.54) is 0 Å². The third kappa shape index (κ3) is 10.5. The molecule has 2 atom stereocenters. The molecule has 2 heterocycles. The molecule has 1 saturated heterocycles. The zero-order valence-electron chi connectivity index (χ0n) is 24.0. The van der Waals surface area contributed by atoms with Crippen LogP contribution in [0.15, 0.2) is 28.1 Å². The highest BCUT2D eigenvalue weighted by molar-refractivity contribution is 7.89. The minimum Gasteiger partial charge on any atom is -0.383 e. The summed E-state index contributed by atoms with van der Waals surface area (Å²) in [5.74, 6) is -0.169. The number of carbonyl (C=O) groups excluding carboxylic acids is 2. The molecule has 0 radical (unpaired) electrons. The molecule has 1 fully saturated rings. The molecule has 9 N–H and O–H groups in total. The third-order valence-electron chi connectivity index (χ3n) is 7.57. The Morgan fingerprint density at radius 2 is 1.95 bits per heavy atom. The van der Waals surface area contributed by atoms with E-state index in [2.05, 4.69) is 27.3 Å². The maximum atomic E-state index is 13.6. The van der Waals surface area contributed by atoms with E-state index in [1.54, 1.807) is 17.0 Å². The predicted octanol–water partition coefficient (Wildman–Crippen LogP) is 0.304. The van der Waals surface area contributed by atoms with Gasteiger partial charge >= 0.3 is 7.60 Å². The SMILES string of the molecule is CC1CNc2c(cccc2S(=O)(=O)NC(CCCN=C(N)N)C(=O)N2CCC(CCNC(=O)CCP(=O)(O)O)CC2)C1. The van der Waals surface area contributed by atoms with Crippen LogP contribution in [0.2, 0.25) is 0 Å². The Morgan fingerprint density at radius 1 is 1.24 bits per heavy atom. The first-order valence-electron chi connectivity index (χ1n) is 14.3. The average molecular weight is 630 g/mol. The van der Waals surface area contributed by atoms with Gasteiger partial charge in [-0.25, -0.2) is 8.42 Å². The smallest absolute Gasteiger partial charge is 0.326 e. The summed E-state index contributed by atoms with van der Waals surface area (Å²) in [5.41, 5.74) is 12.3. The van der Waals surface area contributed by atoms with E-state index in [1.807, 2.05) is 6.07 Å². The van der Waals surface area contributed by atoms with Gasteiger partial charge in [0, 0.05) is 39.1 Å². The van der Waals surface area contributed by atoms with Gasteiger partial charge in [0.05, 0.1) is 11.8 Å². The quantitative estimate of drug-likeness (QED) is 0.0644. The summed E-state index contributed by atoms with van der Waals surface area (Å²) in [5, 5.41) is 5.92. The summed E-state index contributed by atoms with van der Waals surface area (Å²) in [7, 11) is -8.25. The van der Waals surface area contributed by atoms with Gasteiger partial charge in [0.25, 0.3) is 0 Å². The lowest BCUT2D eigenvalue weighted by molar-refractivity contribution is -0.134. The third-order valence-corrected chi connectivity index (χ3v) is 9.89. The lowest BCUT2D eigenvalue weighted by Crippen LogP contribution is -2.51. The van der Waals surface area contributed by atoms with Crippen LogP contribution in [0.4, 0.5) is 5.69 Å². The number of sulfonamides is 1. The van der Waals surface area contributed by atoms with Gasteiger partial charge in [0.1, 0.15) is 10.9 Å². The van der Waals surface area contributed by atoms with Crippen molar-refractivity contribution in [2.24, 2.45) is 28.3 Å². The molecule has 0 spiro atoms. The summed E-state index contributed by atoms with van der Waals surface area (Å²) >= 11 is 0. The zero-order valence-corrected chi connectivity index (χ0v) is 25.7. The van der Waals surface area contributed by atoms with Crippen molar-refractivity contribution in [2.45, 2.75) is 62.8 Å². The molecule has 2 amide bonds. The number of nitrogens with two attached hydrogens (primary N) is 2. The minimum atomic E-state index is -4.22. The molecule has 16 heteroatoms. The zero-order chi connectivity index (χ0) is 30.9. The fourth-order valence-corrected chi connectivity index (χ4v) is 7.24. The molecular formula is C26H44N7O7PS. The lowest BCUT2D eigenvalue weighted by Gasteiger charge is -2.34. The van der Waals surface area contributed by atoms with E-state index in [0.29, 0.717) is 63.5 Å². The Labute approximate surface area is 247 Å². The number of rotatable bonds is 14. The highest BCUT2D eigenvalue weighted by Gasteiger charge is 2.33. The number of likely N-dealkylation sites (tertiary alicyclic amines) is 1. The summed E-state index contributed by atoms with van der Waals surface area (Å²) in [6.45, 7) is 4.28. The average Bonchev–Trinajstić information content (AvgIpc) is 2.92. The summed E-state index contributed by atoms with van der Waals surface area (Å²) < 4.78 is 40.8. The van der Waals surface area contributed by atoms with Crippen molar-refractivity contribution >= 4 is 41.1 Å². The van der Waals surface area contributed by atoms with Crippen LogP contribution in [-0.2, 0) is 30.6 Å². The van der Waals surface area contributed by atoms with Gasteiger partial charge in [-0.05, 0) is 62.0 Å². The van der Waals surface area contributed by atoms with Crippen molar-refractivity contribution in [3.8, 4) is 0 Å². The molecule has 14 nitrogen and oxygen atoms in total. The molecule has 0 aliphatic carbocycles. The fraction of sp³-hybridized carbons (Fsp3) is 0.654. The number of benzene rings is 1. The van der Waals surface area contributed by atoms with E-state index >= 15 is 0 Å². The van der Waals surface area contributed by atoms with E-state index in [-0.39, 0.29) is 42.1 Å². The molecule has 0 saturated carbocycles. The number of aliphatic imine (C=N–C) groups is 1. The van der Waals surface area contributed by atoms with Crippen LogP contribution in [-0.4, -0.2) is 85.8 Å².